The van der Waals surface area contributed by atoms with Crippen LogP contribution in [-0.2, 0) is 0 Å². The van der Waals surface area contributed by atoms with Gasteiger partial charge in [0, 0.05) is 0 Å². The molecule has 0 radical (unpaired) electrons. The fraction of sp³-hybridized carbons (Fsp3) is 0.556. The van der Waals surface area contributed by atoms with Crippen LogP contribution in [0.5, 0.6) is 0 Å². The summed E-state index contributed by atoms with van der Waals surface area (Å²) in [6, 6.07) is 0. The van der Waals surface area contributed by atoms with Gasteiger partial charge in [-0.1, -0.05) is 83.6 Å². The van der Waals surface area contributed by atoms with E-state index in [0.29, 0.717) is 10.8 Å². The average Bonchev–Trinajstić information content (AvgIpc) is 2.91. The van der Waals surface area contributed by atoms with Crippen LogP contribution in [0.1, 0.15) is 54.4 Å². The molecule has 0 atom stereocenters. The van der Waals surface area contributed by atoms with Crippen LogP contribution in [-0.4, -0.2) is 0 Å². The normalized spacial score (nSPS) is 18.3. The molecule has 100 valence electrons. The smallest absolute Gasteiger partial charge is 0.0127 e. The molecule has 0 heterocycles. The van der Waals surface area contributed by atoms with Gasteiger partial charge >= 0.3 is 0 Å². The molecule has 0 nitrogen and oxygen atoms in total. The molecule has 2 aliphatic carbocycles. The maximum absolute atomic E-state index is 2.29. The highest BCUT2D eigenvalue weighted by atomic mass is 14.2. The summed E-state index contributed by atoms with van der Waals surface area (Å²) in [6.07, 6.45) is 15.6. The van der Waals surface area contributed by atoms with E-state index in [-0.39, 0.29) is 0 Å². The summed E-state index contributed by atoms with van der Waals surface area (Å²) in [4.78, 5) is 0. The van der Waals surface area contributed by atoms with Crippen LogP contribution in [0.15, 0.2) is 47.6 Å². The molecule has 18 heavy (non-hydrogen) atoms. The van der Waals surface area contributed by atoms with Crippen molar-refractivity contribution in [2.24, 2.45) is 10.8 Å². The van der Waals surface area contributed by atoms with Gasteiger partial charge in [-0.15, -0.1) is 0 Å². The zero-order chi connectivity index (χ0) is 13.8. The summed E-state index contributed by atoms with van der Waals surface area (Å²) in [7, 11) is 0. The molecule has 0 amide bonds. The summed E-state index contributed by atoms with van der Waals surface area (Å²) in [5.74, 6) is 0. The van der Waals surface area contributed by atoms with Crippen molar-refractivity contribution < 1.29 is 0 Å². The van der Waals surface area contributed by atoms with Crippen LogP contribution >= 0.6 is 0 Å². The Balaban J connectivity index is 0.000000180. The molecule has 0 aromatic carbocycles. The predicted molar refractivity (Wildman–Crippen MR) is 82.6 cm³/mol. The molecule has 0 saturated heterocycles. The summed E-state index contributed by atoms with van der Waals surface area (Å²) < 4.78 is 0. The molecule has 0 aromatic heterocycles. The molecule has 0 unspecified atom stereocenters. The number of hydrogen-bond acceptors (Lipinski definition) is 0. The van der Waals surface area contributed by atoms with Gasteiger partial charge in [0.2, 0.25) is 0 Å². The van der Waals surface area contributed by atoms with Gasteiger partial charge in [0.05, 0.1) is 0 Å². The fourth-order valence-electron chi connectivity index (χ4n) is 2.02. The van der Waals surface area contributed by atoms with Gasteiger partial charge in [-0.25, -0.2) is 0 Å². The van der Waals surface area contributed by atoms with Crippen LogP contribution in [0, 0.1) is 10.8 Å². The standard InChI is InChI=1S/2C9H14/c2*1-9(2,3)8-6-4-5-7-8/h4,6-7H,5H2,1-3H3;4-6H,7H2,1-3H3. The first-order valence-electron chi connectivity index (χ1n) is 6.94. The lowest BCUT2D eigenvalue weighted by atomic mass is 9.86. The number of allylic oxidation sites excluding steroid dienone is 8. The van der Waals surface area contributed by atoms with E-state index in [0.717, 1.165) is 12.8 Å². The minimum atomic E-state index is 0.354. The number of hydrogen-bond donors (Lipinski definition) is 0. The van der Waals surface area contributed by atoms with Gasteiger partial charge in [-0.3, -0.25) is 0 Å². The molecular formula is C18H28. The monoisotopic (exact) mass is 244 g/mol. The highest BCUT2D eigenvalue weighted by molar-refractivity contribution is 5.30. The van der Waals surface area contributed by atoms with E-state index in [4.69, 9.17) is 0 Å². The van der Waals surface area contributed by atoms with Crippen molar-refractivity contribution in [3.63, 3.8) is 0 Å². The maximum atomic E-state index is 2.29. The molecule has 0 aliphatic heterocycles. The zero-order valence-corrected chi connectivity index (χ0v) is 12.9. The van der Waals surface area contributed by atoms with Crippen molar-refractivity contribution in [2.45, 2.75) is 54.4 Å². The van der Waals surface area contributed by atoms with E-state index in [2.05, 4.69) is 78.0 Å². The molecular weight excluding hydrogens is 216 g/mol. The summed E-state index contributed by atoms with van der Waals surface area (Å²) >= 11 is 0. The van der Waals surface area contributed by atoms with Crippen LogP contribution in [0.25, 0.3) is 0 Å². The van der Waals surface area contributed by atoms with E-state index in [1.165, 1.54) is 5.57 Å². The second-order valence-electron chi connectivity index (χ2n) is 7.12. The molecule has 0 fully saturated rings. The number of rotatable bonds is 0. The predicted octanol–water partition coefficient (Wildman–Crippen LogP) is 5.84. The topological polar surface area (TPSA) is 0 Å². The minimum absolute atomic E-state index is 0.354. The second kappa shape index (κ2) is 5.73. The second-order valence-corrected chi connectivity index (χ2v) is 7.12. The lowest BCUT2D eigenvalue weighted by Crippen LogP contribution is -2.06. The Kier molecular flexibility index (Phi) is 4.78. The van der Waals surface area contributed by atoms with Crippen LogP contribution in [0.4, 0.5) is 0 Å². The first-order valence-corrected chi connectivity index (χ1v) is 6.94. The highest BCUT2D eigenvalue weighted by Crippen LogP contribution is 2.30. The first kappa shape index (κ1) is 15.0. The van der Waals surface area contributed by atoms with E-state index in [9.17, 15) is 0 Å². The van der Waals surface area contributed by atoms with E-state index >= 15 is 0 Å². The molecule has 2 rings (SSSR count). The van der Waals surface area contributed by atoms with Gasteiger partial charge in [-0.2, -0.15) is 0 Å². The Bertz CT molecular complexity index is 387. The molecule has 0 N–H and O–H groups in total. The van der Waals surface area contributed by atoms with Gasteiger partial charge in [0.25, 0.3) is 0 Å². The van der Waals surface area contributed by atoms with E-state index in [1.54, 1.807) is 5.57 Å². The summed E-state index contributed by atoms with van der Waals surface area (Å²) in [5.41, 5.74) is 3.75. The van der Waals surface area contributed by atoms with Crippen molar-refractivity contribution in [2.75, 3.05) is 0 Å². The molecule has 0 bridgehead atoms. The lowest BCUT2D eigenvalue weighted by molar-refractivity contribution is 0.496. The highest BCUT2D eigenvalue weighted by Gasteiger charge is 2.16. The van der Waals surface area contributed by atoms with E-state index < -0.39 is 0 Å². The van der Waals surface area contributed by atoms with E-state index in [1.807, 2.05) is 0 Å². The molecule has 0 saturated carbocycles. The summed E-state index contributed by atoms with van der Waals surface area (Å²) in [6.45, 7) is 13.5. The minimum Gasteiger partial charge on any atom is -0.0804 e. The quantitative estimate of drug-likeness (QED) is 0.502. The van der Waals surface area contributed by atoms with Gasteiger partial charge in [0.15, 0.2) is 0 Å². The van der Waals surface area contributed by atoms with Crippen LogP contribution in [0.3, 0.4) is 0 Å². The third-order valence-corrected chi connectivity index (χ3v) is 3.37. The van der Waals surface area contributed by atoms with Crippen molar-refractivity contribution in [1.29, 1.82) is 0 Å². The SMILES string of the molecule is CC(C)(C)C1=CC=CC1.CC(C)(C)C1=CCC=C1. The molecule has 0 heteroatoms. The zero-order valence-electron chi connectivity index (χ0n) is 12.9. The van der Waals surface area contributed by atoms with Crippen LogP contribution in [0.2, 0.25) is 0 Å². The average molecular weight is 244 g/mol. The van der Waals surface area contributed by atoms with Crippen LogP contribution < -0.4 is 0 Å². The first-order chi connectivity index (χ1) is 8.21. The van der Waals surface area contributed by atoms with Gasteiger partial charge in [-0.05, 0) is 29.2 Å². The molecule has 0 aromatic rings. The Morgan fingerprint density at radius 2 is 1.56 bits per heavy atom. The van der Waals surface area contributed by atoms with Gasteiger partial charge in [0.1, 0.15) is 0 Å². The lowest BCUT2D eigenvalue weighted by Gasteiger charge is -2.19. The third-order valence-electron chi connectivity index (χ3n) is 3.37. The Hall–Kier alpha value is -1.04. The Labute approximate surface area is 113 Å². The third kappa shape index (κ3) is 4.68. The molecule has 2 aliphatic rings. The fourth-order valence-corrected chi connectivity index (χ4v) is 2.02. The molecule has 0 spiro atoms. The van der Waals surface area contributed by atoms with Crippen molar-refractivity contribution >= 4 is 0 Å². The largest absolute Gasteiger partial charge is 0.0804 e. The maximum Gasteiger partial charge on any atom is -0.0127 e. The van der Waals surface area contributed by atoms with Crippen molar-refractivity contribution in [3.8, 4) is 0 Å². The Morgan fingerprint density at radius 1 is 0.889 bits per heavy atom. The van der Waals surface area contributed by atoms with Crippen molar-refractivity contribution in [1.82, 2.24) is 0 Å². The summed E-state index contributed by atoms with van der Waals surface area (Å²) in [5, 5.41) is 0. The van der Waals surface area contributed by atoms with Gasteiger partial charge < -0.3 is 0 Å². The Morgan fingerprint density at radius 3 is 1.78 bits per heavy atom. The van der Waals surface area contributed by atoms with Crippen molar-refractivity contribution in [3.05, 3.63) is 47.6 Å².